The van der Waals surface area contributed by atoms with Gasteiger partial charge in [-0.1, -0.05) is 36.4 Å². The summed E-state index contributed by atoms with van der Waals surface area (Å²) < 4.78 is 0. The highest BCUT2D eigenvalue weighted by Gasteiger charge is 2.20. The zero-order valence-electron chi connectivity index (χ0n) is 15.9. The molecule has 3 aromatic rings. The number of nitrogens with zero attached hydrogens (tertiary/aromatic N) is 1. The van der Waals surface area contributed by atoms with Gasteiger partial charge in [-0.25, -0.2) is 0 Å². The molecule has 0 saturated heterocycles. The van der Waals surface area contributed by atoms with Crippen molar-refractivity contribution in [2.45, 2.75) is 19.9 Å². The van der Waals surface area contributed by atoms with E-state index in [9.17, 15) is 9.59 Å². The minimum absolute atomic E-state index is 0.0419. The average Bonchev–Trinajstić information content (AvgIpc) is 3.16. The smallest absolute Gasteiger partial charge is 0.254 e. The van der Waals surface area contributed by atoms with Crippen LogP contribution in [0.2, 0.25) is 0 Å². The first kappa shape index (κ1) is 18.0. The third-order valence-electron chi connectivity index (χ3n) is 5.17. The second-order valence-corrected chi connectivity index (χ2v) is 7.09. The van der Waals surface area contributed by atoms with E-state index in [1.165, 1.54) is 23.4 Å². The van der Waals surface area contributed by atoms with Crippen LogP contribution in [0.3, 0.4) is 0 Å². The molecule has 0 aliphatic carbocycles. The quantitative estimate of drug-likeness (QED) is 0.732. The van der Waals surface area contributed by atoms with Gasteiger partial charge in [0.2, 0.25) is 5.91 Å². The van der Waals surface area contributed by atoms with E-state index in [1.807, 2.05) is 35.2 Å². The van der Waals surface area contributed by atoms with Crippen LogP contribution >= 0.6 is 0 Å². The monoisotopic (exact) mass is 373 g/mol. The van der Waals surface area contributed by atoms with Crippen LogP contribution in [0.25, 0.3) is 16.5 Å². The van der Waals surface area contributed by atoms with Crippen molar-refractivity contribution in [3.63, 3.8) is 0 Å². The summed E-state index contributed by atoms with van der Waals surface area (Å²) in [4.78, 5) is 29.0. The van der Waals surface area contributed by atoms with Gasteiger partial charge in [-0.2, -0.15) is 0 Å². The molecule has 0 radical (unpaired) electrons. The zero-order valence-corrected chi connectivity index (χ0v) is 15.9. The molecule has 5 nitrogen and oxygen atoms in total. The molecule has 1 aromatic heterocycles. The molecular weight excluding hydrogens is 350 g/mol. The van der Waals surface area contributed by atoms with E-state index in [4.69, 9.17) is 0 Å². The number of carbonyl (C=O) groups is 2. The van der Waals surface area contributed by atoms with Gasteiger partial charge in [0.1, 0.15) is 0 Å². The molecule has 0 fully saturated rings. The van der Waals surface area contributed by atoms with Gasteiger partial charge in [-0.3, -0.25) is 9.59 Å². The van der Waals surface area contributed by atoms with Crippen molar-refractivity contribution in [1.82, 2.24) is 15.2 Å². The Morgan fingerprint density at radius 2 is 1.89 bits per heavy atom. The molecular formula is C23H23N3O2. The van der Waals surface area contributed by atoms with Crippen molar-refractivity contribution in [3.05, 3.63) is 77.5 Å². The lowest BCUT2D eigenvalue weighted by molar-refractivity contribution is -0.119. The fraction of sp³-hybridized carbons (Fsp3) is 0.217. The van der Waals surface area contributed by atoms with Gasteiger partial charge in [-0.05, 0) is 35.8 Å². The minimum atomic E-state index is -0.0636. The van der Waals surface area contributed by atoms with E-state index >= 15 is 0 Å². The maximum Gasteiger partial charge on any atom is 0.254 e. The molecule has 2 N–H and O–H groups in total. The average molecular weight is 373 g/mol. The molecule has 0 bridgehead atoms. The topological polar surface area (TPSA) is 65.2 Å². The first-order valence-electron chi connectivity index (χ1n) is 9.50. The fourth-order valence-corrected chi connectivity index (χ4v) is 3.61. The lowest BCUT2D eigenvalue weighted by Gasteiger charge is -2.26. The standard InChI is InChI=1S/C23H23N3O2/c1-16(27)24-14-17-6-8-19(9-7-17)23(28)26-12-10-18(11-13-26)21-15-25-22-5-3-2-4-20(21)22/h2-10,15,25H,11-14H2,1H3,(H,24,27). The summed E-state index contributed by atoms with van der Waals surface area (Å²) in [6, 6.07) is 15.7. The Labute approximate surface area is 164 Å². The van der Waals surface area contributed by atoms with E-state index in [2.05, 4.69) is 40.8 Å². The molecule has 2 aromatic carbocycles. The Kier molecular flexibility index (Phi) is 4.98. The van der Waals surface area contributed by atoms with Crippen molar-refractivity contribution in [2.75, 3.05) is 13.1 Å². The first-order chi connectivity index (χ1) is 13.6. The number of hydrogen-bond donors (Lipinski definition) is 2. The lowest BCUT2D eigenvalue weighted by atomic mass is 9.98. The molecule has 4 rings (SSSR count). The Morgan fingerprint density at radius 3 is 2.61 bits per heavy atom. The molecule has 0 saturated carbocycles. The Morgan fingerprint density at radius 1 is 1.11 bits per heavy atom. The highest BCUT2D eigenvalue weighted by Crippen LogP contribution is 2.29. The number of nitrogens with one attached hydrogen (secondary N) is 2. The van der Waals surface area contributed by atoms with Gasteiger partial charge >= 0.3 is 0 Å². The summed E-state index contributed by atoms with van der Waals surface area (Å²) in [6.45, 7) is 3.29. The van der Waals surface area contributed by atoms with Crippen molar-refractivity contribution in [3.8, 4) is 0 Å². The van der Waals surface area contributed by atoms with E-state index in [0.717, 1.165) is 17.5 Å². The van der Waals surface area contributed by atoms with Gasteiger partial charge in [0, 0.05) is 54.8 Å². The van der Waals surface area contributed by atoms with E-state index in [-0.39, 0.29) is 11.8 Å². The van der Waals surface area contributed by atoms with Crippen LogP contribution in [0.1, 0.15) is 34.8 Å². The van der Waals surface area contributed by atoms with Crippen molar-refractivity contribution < 1.29 is 9.59 Å². The van der Waals surface area contributed by atoms with E-state index < -0.39 is 0 Å². The summed E-state index contributed by atoms with van der Waals surface area (Å²) >= 11 is 0. The summed E-state index contributed by atoms with van der Waals surface area (Å²) in [5.74, 6) is -0.0217. The first-order valence-corrected chi connectivity index (χ1v) is 9.50. The summed E-state index contributed by atoms with van der Waals surface area (Å²) in [5, 5.41) is 3.99. The van der Waals surface area contributed by atoms with Crippen LogP contribution in [0.4, 0.5) is 0 Å². The number of H-pyrrole nitrogens is 1. The molecule has 1 aliphatic heterocycles. The Hall–Kier alpha value is -3.34. The van der Waals surface area contributed by atoms with Crippen LogP contribution < -0.4 is 5.32 Å². The summed E-state index contributed by atoms with van der Waals surface area (Å²) in [6.07, 6.45) is 5.05. The van der Waals surface area contributed by atoms with Gasteiger partial charge in [-0.15, -0.1) is 0 Å². The molecule has 2 amide bonds. The number of amides is 2. The van der Waals surface area contributed by atoms with Crippen LogP contribution in [0, 0.1) is 0 Å². The fourth-order valence-electron chi connectivity index (χ4n) is 3.61. The van der Waals surface area contributed by atoms with Gasteiger partial charge in [0.25, 0.3) is 5.91 Å². The predicted octanol–water partition coefficient (Wildman–Crippen LogP) is 3.73. The highest BCUT2D eigenvalue weighted by atomic mass is 16.2. The van der Waals surface area contributed by atoms with Gasteiger partial charge in [0.05, 0.1) is 0 Å². The zero-order chi connectivity index (χ0) is 19.5. The summed E-state index contributed by atoms with van der Waals surface area (Å²) in [7, 11) is 0. The number of para-hydroxylation sites is 1. The lowest BCUT2D eigenvalue weighted by Crippen LogP contribution is -2.34. The number of aromatic amines is 1. The maximum absolute atomic E-state index is 12.8. The SMILES string of the molecule is CC(=O)NCc1ccc(C(=O)N2CC=C(c3c[nH]c4ccccc34)CC2)cc1. The summed E-state index contributed by atoms with van der Waals surface area (Å²) in [5.41, 5.74) is 5.30. The van der Waals surface area contributed by atoms with E-state index in [1.54, 1.807) is 0 Å². The third-order valence-corrected chi connectivity index (χ3v) is 5.17. The van der Waals surface area contributed by atoms with Crippen LogP contribution in [-0.2, 0) is 11.3 Å². The number of hydrogen-bond acceptors (Lipinski definition) is 2. The van der Waals surface area contributed by atoms with Crippen molar-refractivity contribution in [2.24, 2.45) is 0 Å². The number of fused-ring (bicyclic) bond motifs is 1. The highest BCUT2D eigenvalue weighted by molar-refractivity contribution is 5.96. The molecule has 142 valence electrons. The molecule has 0 unspecified atom stereocenters. The number of aromatic nitrogens is 1. The molecule has 1 aliphatic rings. The molecule has 5 heteroatoms. The molecule has 28 heavy (non-hydrogen) atoms. The third kappa shape index (κ3) is 3.69. The van der Waals surface area contributed by atoms with Crippen molar-refractivity contribution in [1.29, 1.82) is 0 Å². The van der Waals surface area contributed by atoms with Gasteiger partial charge in [0.15, 0.2) is 0 Å². The van der Waals surface area contributed by atoms with Crippen LogP contribution in [0.5, 0.6) is 0 Å². The predicted molar refractivity (Wildman–Crippen MR) is 111 cm³/mol. The maximum atomic E-state index is 12.8. The molecule has 2 heterocycles. The van der Waals surface area contributed by atoms with Crippen LogP contribution in [-0.4, -0.2) is 34.8 Å². The molecule has 0 atom stereocenters. The minimum Gasteiger partial charge on any atom is -0.361 e. The largest absolute Gasteiger partial charge is 0.361 e. The van der Waals surface area contributed by atoms with Crippen molar-refractivity contribution >= 4 is 28.3 Å². The second-order valence-electron chi connectivity index (χ2n) is 7.09. The van der Waals surface area contributed by atoms with Gasteiger partial charge < -0.3 is 15.2 Å². The second kappa shape index (κ2) is 7.72. The Balaban J connectivity index is 1.44. The normalized spacial score (nSPS) is 14.0. The number of carbonyl (C=O) groups excluding carboxylic acids is 2. The number of rotatable bonds is 4. The Bertz CT molecular complexity index is 1050. The molecule has 0 spiro atoms. The van der Waals surface area contributed by atoms with E-state index in [0.29, 0.717) is 25.2 Å². The van der Waals surface area contributed by atoms with Crippen LogP contribution in [0.15, 0.2) is 60.8 Å². The number of benzene rings is 2.